The van der Waals surface area contributed by atoms with Crippen LogP contribution in [0.1, 0.15) is 51.4 Å². The molecule has 0 aromatic rings. The van der Waals surface area contributed by atoms with Gasteiger partial charge in [0.1, 0.15) is 5.54 Å². The smallest absolute Gasteiger partial charge is 0.221 e. The Hall–Kier alpha value is -1.26. The van der Waals surface area contributed by atoms with Crippen molar-refractivity contribution in [3.8, 4) is 0 Å². The van der Waals surface area contributed by atoms with Crippen molar-refractivity contribution >= 4 is 11.7 Å². The van der Waals surface area contributed by atoms with Gasteiger partial charge in [0.2, 0.25) is 5.91 Å². The van der Waals surface area contributed by atoms with E-state index >= 15 is 0 Å². The summed E-state index contributed by atoms with van der Waals surface area (Å²) in [5.41, 5.74) is 5.16. The van der Waals surface area contributed by atoms with Gasteiger partial charge < -0.3 is 16.3 Å². The molecule has 2 rings (SSSR count). The van der Waals surface area contributed by atoms with Crippen LogP contribution in [0.5, 0.6) is 0 Å². The van der Waals surface area contributed by atoms with Gasteiger partial charge in [-0.05, 0) is 31.6 Å². The van der Waals surface area contributed by atoms with Gasteiger partial charge in [0, 0.05) is 6.42 Å². The van der Waals surface area contributed by atoms with E-state index in [-0.39, 0.29) is 11.7 Å². The minimum atomic E-state index is -0.598. The Balaban J connectivity index is 2.01. The second kappa shape index (κ2) is 4.94. The van der Waals surface area contributed by atoms with Crippen LogP contribution in [0.2, 0.25) is 0 Å². The van der Waals surface area contributed by atoms with Crippen molar-refractivity contribution in [1.82, 2.24) is 5.32 Å². The van der Waals surface area contributed by atoms with E-state index in [4.69, 9.17) is 10.9 Å². The Bertz CT molecular complexity index is 318. The van der Waals surface area contributed by atoms with Gasteiger partial charge in [-0.15, -0.1) is 0 Å². The van der Waals surface area contributed by atoms with Crippen LogP contribution in [0.25, 0.3) is 0 Å². The van der Waals surface area contributed by atoms with Gasteiger partial charge in [0.15, 0.2) is 5.84 Å². The van der Waals surface area contributed by atoms with Crippen LogP contribution in [0.4, 0.5) is 0 Å². The Morgan fingerprint density at radius 1 is 1.35 bits per heavy atom. The number of amidine groups is 1. The van der Waals surface area contributed by atoms with E-state index in [0.29, 0.717) is 12.3 Å². The number of nitrogens with one attached hydrogen (secondary N) is 1. The molecule has 0 radical (unpaired) electrons. The van der Waals surface area contributed by atoms with E-state index in [0.717, 1.165) is 44.9 Å². The third-order valence-corrected chi connectivity index (χ3v) is 3.85. The lowest BCUT2D eigenvalue weighted by molar-refractivity contribution is -0.123. The molecule has 96 valence electrons. The van der Waals surface area contributed by atoms with Gasteiger partial charge in [-0.25, -0.2) is 0 Å². The molecule has 4 N–H and O–H groups in total. The summed E-state index contributed by atoms with van der Waals surface area (Å²) >= 11 is 0. The Labute approximate surface area is 101 Å². The maximum atomic E-state index is 11.9. The van der Waals surface area contributed by atoms with Gasteiger partial charge in [-0.2, -0.15) is 0 Å². The molecule has 2 aliphatic rings. The van der Waals surface area contributed by atoms with Gasteiger partial charge in [-0.1, -0.05) is 24.4 Å². The molecule has 17 heavy (non-hydrogen) atoms. The first-order chi connectivity index (χ1) is 8.16. The quantitative estimate of drug-likeness (QED) is 0.299. The van der Waals surface area contributed by atoms with E-state index in [1.807, 2.05) is 0 Å². The van der Waals surface area contributed by atoms with Crippen molar-refractivity contribution in [2.24, 2.45) is 16.8 Å². The number of hydrogen-bond donors (Lipinski definition) is 3. The van der Waals surface area contributed by atoms with Crippen LogP contribution < -0.4 is 11.1 Å². The molecule has 5 nitrogen and oxygen atoms in total. The van der Waals surface area contributed by atoms with Crippen molar-refractivity contribution in [2.75, 3.05) is 0 Å². The maximum absolute atomic E-state index is 11.9. The van der Waals surface area contributed by atoms with Crippen LogP contribution >= 0.6 is 0 Å². The number of hydrogen-bond acceptors (Lipinski definition) is 3. The van der Waals surface area contributed by atoms with Crippen molar-refractivity contribution in [3.63, 3.8) is 0 Å². The van der Waals surface area contributed by atoms with E-state index in [1.54, 1.807) is 0 Å². The highest BCUT2D eigenvalue weighted by Crippen LogP contribution is 2.33. The molecule has 0 aromatic heterocycles. The Morgan fingerprint density at radius 2 is 2.00 bits per heavy atom. The van der Waals surface area contributed by atoms with Gasteiger partial charge in [0.05, 0.1) is 0 Å². The molecule has 0 heterocycles. The summed E-state index contributed by atoms with van der Waals surface area (Å²) in [6.07, 6.45) is 7.63. The number of amides is 1. The fraction of sp³-hybridized carbons (Fsp3) is 0.833. The van der Waals surface area contributed by atoms with Crippen LogP contribution in [0.15, 0.2) is 5.16 Å². The molecule has 0 spiro atoms. The largest absolute Gasteiger partial charge is 0.409 e. The van der Waals surface area contributed by atoms with Crippen molar-refractivity contribution in [1.29, 1.82) is 0 Å². The van der Waals surface area contributed by atoms with Crippen molar-refractivity contribution in [3.05, 3.63) is 0 Å². The van der Waals surface area contributed by atoms with E-state index < -0.39 is 5.54 Å². The van der Waals surface area contributed by atoms with E-state index in [2.05, 4.69) is 10.5 Å². The van der Waals surface area contributed by atoms with Crippen LogP contribution in [-0.4, -0.2) is 22.5 Å². The molecule has 0 unspecified atom stereocenters. The zero-order valence-corrected chi connectivity index (χ0v) is 10.1. The number of rotatable bonds is 4. The molecular weight excluding hydrogens is 218 g/mol. The highest BCUT2D eigenvalue weighted by Gasteiger charge is 2.38. The zero-order chi connectivity index (χ0) is 12.3. The van der Waals surface area contributed by atoms with Crippen LogP contribution in [0, 0.1) is 5.92 Å². The molecule has 2 aliphatic carbocycles. The third kappa shape index (κ3) is 2.90. The first kappa shape index (κ1) is 12.2. The van der Waals surface area contributed by atoms with Gasteiger partial charge >= 0.3 is 0 Å². The lowest BCUT2D eigenvalue weighted by Crippen LogP contribution is -2.58. The second-order valence-corrected chi connectivity index (χ2v) is 5.32. The summed E-state index contributed by atoms with van der Waals surface area (Å²) in [7, 11) is 0. The number of nitrogens with two attached hydrogens (primary N) is 1. The molecule has 1 amide bonds. The molecule has 0 aliphatic heterocycles. The summed E-state index contributed by atoms with van der Waals surface area (Å²) in [5.74, 6) is 0.755. The van der Waals surface area contributed by atoms with Gasteiger partial charge in [-0.3, -0.25) is 4.79 Å². The summed E-state index contributed by atoms with van der Waals surface area (Å²) in [6.45, 7) is 0. The third-order valence-electron chi connectivity index (χ3n) is 3.85. The Kier molecular flexibility index (Phi) is 3.54. The Morgan fingerprint density at radius 3 is 2.53 bits per heavy atom. The average molecular weight is 239 g/mol. The summed E-state index contributed by atoms with van der Waals surface area (Å²) in [4.78, 5) is 11.9. The maximum Gasteiger partial charge on any atom is 0.221 e. The molecule has 0 aromatic carbocycles. The molecule has 0 saturated heterocycles. The second-order valence-electron chi connectivity index (χ2n) is 5.32. The molecule has 0 bridgehead atoms. The summed E-state index contributed by atoms with van der Waals surface area (Å²) in [6, 6.07) is 0. The first-order valence-electron chi connectivity index (χ1n) is 6.45. The minimum Gasteiger partial charge on any atom is -0.409 e. The molecule has 0 atom stereocenters. The fourth-order valence-corrected chi connectivity index (χ4v) is 2.60. The number of nitrogens with zero attached hydrogens (tertiary/aromatic N) is 1. The lowest BCUT2D eigenvalue weighted by Gasteiger charge is -2.36. The topological polar surface area (TPSA) is 87.7 Å². The molecule has 2 fully saturated rings. The average Bonchev–Trinajstić information content (AvgIpc) is 3.12. The minimum absolute atomic E-state index is 0.0426. The first-order valence-corrected chi connectivity index (χ1v) is 6.45. The number of carbonyl (C=O) groups is 1. The van der Waals surface area contributed by atoms with Gasteiger partial charge in [0.25, 0.3) is 0 Å². The van der Waals surface area contributed by atoms with Crippen LogP contribution in [0.3, 0.4) is 0 Å². The van der Waals surface area contributed by atoms with Crippen molar-refractivity contribution < 1.29 is 10.0 Å². The SMILES string of the molecule is NC(=NO)C1(NC(=O)CC2CC2)CCCCC1. The monoisotopic (exact) mass is 239 g/mol. The standard InChI is InChI=1S/C12H21N3O2/c13-11(15-17)12(6-2-1-3-7-12)14-10(16)8-9-4-5-9/h9,17H,1-8H2,(H2,13,15)(H,14,16). The number of carbonyl (C=O) groups excluding carboxylic acids is 1. The van der Waals surface area contributed by atoms with E-state index in [1.165, 1.54) is 0 Å². The number of oxime groups is 1. The van der Waals surface area contributed by atoms with Crippen molar-refractivity contribution in [2.45, 2.75) is 56.9 Å². The fourth-order valence-electron chi connectivity index (χ4n) is 2.60. The highest BCUT2D eigenvalue weighted by atomic mass is 16.4. The highest BCUT2D eigenvalue weighted by molar-refractivity contribution is 5.94. The molecule has 2 saturated carbocycles. The van der Waals surface area contributed by atoms with Crippen LogP contribution in [-0.2, 0) is 4.79 Å². The van der Waals surface area contributed by atoms with E-state index in [9.17, 15) is 4.79 Å². The summed E-state index contributed by atoms with van der Waals surface area (Å²) in [5, 5.41) is 15.0. The summed E-state index contributed by atoms with van der Waals surface area (Å²) < 4.78 is 0. The predicted octanol–water partition coefficient (Wildman–Crippen LogP) is 1.35. The normalized spacial score (nSPS) is 24.4. The predicted molar refractivity (Wildman–Crippen MR) is 64.7 cm³/mol. The zero-order valence-electron chi connectivity index (χ0n) is 10.1. The lowest BCUT2D eigenvalue weighted by atomic mass is 9.80. The molecular formula is C12H21N3O2. The molecule has 5 heteroatoms.